The van der Waals surface area contributed by atoms with Crippen LogP contribution < -0.4 is 5.48 Å². The highest BCUT2D eigenvalue weighted by Crippen LogP contribution is 2.17. The number of benzene rings is 1. The molecule has 1 heterocycles. The molecule has 0 saturated heterocycles. The van der Waals surface area contributed by atoms with E-state index in [4.69, 9.17) is 9.94 Å². The molecule has 4 nitrogen and oxygen atoms in total. The molecule has 1 aliphatic rings. The molecule has 0 aromatic heterocycles. The highest BCUT2D eigenvalue weighted by molar-refractivity contribution is 5.80. The van der Waals surface area contributed by atoms with Gasteiger partial charge in [0.15, 0.2) is 0 Å². The van der Waals surface area contributed by atoms with Crippen molar-refractivity contribution in [1.82, 2.24) is 5.48 Å². The van der Waals surface area contributed by atoms with Crippen LogP contribution >= 0.6 is 0 Å². The second-order valence-corrected chi connectivity index (χ2v) is 2.93. The highest BCUT2D eigenvalue weighted by atomic mass is 16.7. The first-order valence-corrected chi connectivity index (χ1v) is 4.19. The fraction of sp³-hybridized carbons (Fsp3) is 0.100. The summed E-state index contributed by atoms with van der Waals surface area (Å²) in [4.78, 5) is 15.4. The van der Waals surface area contributed by atoms with Crippen molar-refractivity contribution >= 4 is 11.7 Å². The number of rotatable bonds is 2. The van der Waals surface area contributed by atoms with Crippen LogP contribution in [0.1, 0.15) is 5.56 Å². The molecular weight excluding hydrogens is 182 g/mol. The largest absolute Gasteiger partial charge is 0.479 e. The summed E-state index contributed by atoms with van der Waals surface area (Å²) in [6.45, 7) is 0. The van der Waals surface area contributed by atoms with Gasteiger partial charge >= 0.3 is 5.97 Å². The normalized spacial score (nSPS) is 20.0. The molecule has 0 fully saturated rings. The van der Waals surface area contributed by atoms with Crippen molar-refractivity contribution in [2.75, 3.05) is 0 Å². The van der Waals surface area contributed by atoms with Crippen LogP contribution in [0.3, 0.4) is 0 Å². The Morgan fingerprint density at radius 2 is 2.07 bits per heavy atom. The van der Waals surface area contributed by atoms with Crippen LogP contribution in [0.2, 0.25) is 0 Å². The lowest BCUT2D eigenvalue weighted by Gasteiger charge is -2.02. The second-order valence-electron chi connectivity index (χ2n) is 2.93. The standard InChI is InChI=1S/C10H9NO3/c12-10(13)9-6-8(11-14-9)7-4-2-1-3-5-7/h1-6,9,11H,(H,12,13). The molecule has 1 aromatic rings. The third kappa shape index (κ3) is 1.60. The van der Waals surface area contributed by atoms with Gasteiger partial charge in [-0.15, -0.1) is 0 Å². The fourth-order valence-electron chi connectivity index (χ4n) is 1.24. The average molecular weight is 191 g/mol. The Morgan fingerprint density at radius 1 is 1.36 bits per heavy atom. The van der Waals surface area contributed by atoms with Crippen molar-refractivity contribution in [2.24, 2.45) is 0 Å². The summed E-state index contributed by atoms with van der Waals surface area (Å²) in [6, 6.07) is 9.42. The Labute approximate surface area is 80.8 Å². The van der Waals surface area contributed by atoms with Gasteiger partial charge in [-0.2, -0.15) is 0 Å². The molecule has 72 valence electrons. The number of hydrogen-bond acceptors (Lipinski definition) is 3. The quantitative estimate of drug-likeness (QED) is 0.732. The Kier molecular flexibility index (Phi) is 2.20. The van der Waals surface area contributed by atoms with Gasteiger partial charge in [-0.3, -0.25) is 10.3 Å². The van der Waals surface area contributed by atoms with Crippen molar-refractivity contribution in [3.8, 4) is 0 Å². The zero-order valence-electron chi connectivity index (χ0n) is 7.31. The van der Waals surface area contributed by atoms with Crippen LogP contribution in [-0.2, 0) is 9.63 Å². The number of carboxylic acids is 1. The van der Waals surface area contributed by atoms with Crippen LogP contribution in [0.25, 0.3) is 5.70 Å². The lowest BCUT2D eigenvalue weighted by atomic mass is 10.1. The van der Waals surface area contributed by atoms with Gasteiger partial charge in [-0.25, -0.2) is 4.79 Å². The smallest absolute Gasteiger partial charge is 0.339 e. The number of carbonyl (C=O) groups is 1. The highest BCUT2D eigenvalue weighted by Gasteiger charge is 2.23. The lowest BCUT2D eigenvalue weighted by Crippen LogP contribution is -2.20. The molecule has 0 bridgehead atoms. The van der Waals surface area contributed by atoms with Crippen LogP contribution in [0.5, 0.6) is 0 Å². The van der Waals surface area contributed by atoms with E-state index in [0.29, 0.717) is 5.70 Å². The predicted molar refractivity (Wildman–Crippen MR) is 50.1 cm³/mol. The summed E-state index contributed by atoms with van der Waals surface area (Å²) in [6.07, 6.45) is 0.641. The minimum atomic E-state index is -0.997. The summed E-state index contributed by atoms with van der Waals surface area (Å²) in [5.74, 6) is -0.997. The summed E-state index contributed by atoms with van der Waals surface area (Å²) >= 11 is 0. The molecular formula is C10H9NO3. The first-order chi connectivity index (χ1) is 6.77. The van der Waals surface area contributed by atoms with Crippen LogP contribution in [0.4, 0.5) is 0 Å². The summed E-state index contributed by atoms with van der Waals surface area (Å²) in [7, 11) is 0. The van der Waals surface area contributed by atoms with Crippen molar-refractivity contribution in [3.05, 3.63) is 42.0 Å². The number of nitrogens with one attached hydrogen (secondary N) is 1. The second kappa shape index (κ2) is 3.51. The van der Waals surface area contributed by atoms with Crippen molar-refractivity contribution < 1.29 is 14.7 Å². The Hall–Kier alpha value is -1.81. The van der Waals surface area contributed by atoms with Gasteiger partial charge in [-0.1, -0.05) is 30.3 Å². The molecule has 2 rings (SSSR count). The van der Waals surface area contributed by atoms with E-state index in [2.05, 4.69) is 5.48 Å². The number of hydrogen-bond donors (Lipinski definition) is 2. The van der Waals surface area contributed by atoms with E-state index < -0.39 is 12.1 Å². The van der Waals surface area contributed by atoms with Gasteiger partial charge < -0.3 is 5.11 Å². The van der Waals surface area contributed by atoms with E-state index >= 15 is 0 Å². The molecule has 1 aliphatic heterocycles. The summed E-state index contributed by atoms with van der Waals surface area (Å²) in [5.41, 5.74) is 4.19. The average Bonchev–Trinajstić information content (AvgIpc) is 2.68. The van der Waals surface area contributed by atoms with Crippen LogP contribution in [-0.4, -0.2) is 17.2 Å². The summed E-state index contributed by atoms with van der Waals surface area (Å²) < 4.78 is 0. The fourth-order valence-corrected chi connectivity index (χ4v) is 1.24. The van der Waals surface area contributed by atoms with E-state index in [9.17, 15) is 4.79 Å². The van der Waals surface area contributed by atoms with Crippen molar-refractivity contribution in [2.45, 2.75) is 6.10 Å². The zero-order chi connectivity index (χ0) is 9.97. The summed E-state index contributed by atoms with van der Waals surface area (Å²) in [5, 5.41) is 8.67. The number of hydroxylamine groups is 1. The topological polar surface area (TPSA) is 58.6 Å². The molecule has 1 atom stereocenters. The van der Waals surface area contributed by atoms with E-state index in [1.807, 2.05) is 30.3 Å². The molecule has 0 saturated carbocycles. The zero-order valence-corrected chi connectivity index (χ0v) is 7.31. The van der Waals surface area contributed by atoms with E-state index in [0.717, 1.165) is 5.56 Å². The molecule has 4 heteroatoms. The molecule has 0 aliphatic carbocycles. The lowest BCUT2D eigenvalue weighted by molar-refractivity contribution is -0.148. The number of carboxylic acid groups (broad SMARTS) is 1. The first kappa shape index (κ1) is 8.77. The SMILES string of the molecule is O=C(O)C1C=C(c2ccccc2)NO1. The Balaban J connectivity index is 2.22. The Morgan fingerprint density at radius 3 is 2.64 bits per heavy atom. The molecule has 0 amide bonds. The van der Waals surface area contributed by atoms with E-state index in [1.165, 1.54) is 6.08 Å². The predicted octanol–water partition coefficient (Wildman–Crippen LogP) is 1.02. The molecule has 0 radical (unpaired) electrons. The third-order valence-corrected chi connectivity index (χ3v) is 1.94. The van der Waals surface area contributed by atoms with Crippen LogP contribution in [0, 0.1) is 0 Å². The van der Waals surface area contributed by atoms with Gasteiger partial charge in [0.2, 0.25) is 6.10 Å². The van der Waals surface area contributed by atoms with Gasteiger partial charge in [-0.05, 0) is 11.6 Å². The third-order valence-electron chi connectivity index (χ3n) is 1.94. The maximum absolute atomic E-state index is 10.6. The maximum atomic E-state index is 10.6. The molecule has 1 aromatic carbocycles. The molecule has 14 heavy (non-hydrogen) atoms. The minimum Gasteiger partial charge on any atom is -0.479 e. The van der Waals surface area contributed by atoms with Gasteiger partial charge in [0.25, 0.3) is 0 Å². The first-order valence-electron chi connectivity index (χ1n) is 4.19. The van der Waals surface area contributed by atoms with E-state index in [-0.39, 0.29) is 0 Å². The van der Waals surface area contributed by atoms with Gasteiger partial charge in [0.1, 0.15) is 0 Å². The molecule has 2 N–H and O–H groups in total. The van der Waals surface area contributed by atoms with Crippen molar-refractivity contribution in [3.63, 3.8) is 0 Å². The monoisotopic (exact) mass is 191 g/mol. The van der Waals surface area contributed by atoms with Gasteiger partial charge in [0, 0.05) is 0 Å². The maximum Gasteiger partial charge on any atom is 0.339 e. The molecule has 0 spiro atoms. The van der Waals surface area contributed by atoms with Crippen LogP contribution in [0.15, 0.2) is 36.4 Å². The van der Waals surface area contributed by atoms with E-state index in [1.54, 1.807) is 0 Å². The van der Waals surface area contributed by atoms with Gasteiger partial charge in [0.05, 0.1) is 5.70 Å². The van der Waals surface area contributed by atoms with Crippen molar-refractivity contribution in [1.29, 1.82) is 0 Å². The Bertz CT molecular complexity index is 372. The number of aliphatic carboxylic acids is 1. The molecule has 1 unspecified atom stereocenters. The minimum absolute atomic E-state index is 0.693.